The molecule has 0 radical (unpaired) electrons. The molecule has 0 bridgehead atoms. The van der Waals surface area contributed by atoms with Crippen LogP contribution >= 0.6 is 11.3 Å². The first-order valence-corrected chi connectivity index (χ1v) is 8.45. The number of fused-ring (bicyclic) bond motifs is 1. The molecule has 0 atom stereocenters. The predicted molar refractivity (Wildman–Crippen MR) is 97.8 cm³/mol. The minimum absolute atomic E-state index is 0.0129. The molecule has 4 aromatic rings. The fourth-order valence-corrected chi connectivity index (χ4v) is 3.40. The Balaban J connectivity index is 2.05. The molecule has 0 saturated carbocycles. The van der Waals surface area contributed by atoms with Crippen LogP contribution in [0.2, 0.25) is 0 Å². The zero-order valence-electron chi connectivity index (χ0n) is 13.0. The number of rotatable bonds is 3. The predicted octanol–water partition coefficient (Wildman–Crippen LogP) is 5.20. The van der Waals surface area contributed by atoms with E-state index in [1.54, 1.807) is 24.5 Å². The van der Waals surface area contributed by atoms with Gasteiger partial charge in [-0.3, -0.25) is 4.79 Å². The van der Waals surface area contributed by atoms with Crippen LogP contribution in [0, 0.1) is 0 Å². The first-order chi connectivity index (χ1) is 11.8. The second-order valence-corrected chi connectivity index (χ2v) is 6.15. The molecule has 24 heavy (non-hydrogen) atoms. The number of hydrogen-bond donors (Lipinski definition) is 0. The van der Waals surface area contributed by atoms with Gasteiger partial charge in [0.1, 0.15) is 17.1 Å². The first kappa shape index (κ1) is 14.7. The lowest BCUT2D eigenvalue weighted by Crippen LogP contribution is -2.06. The molecule has 3 nitrogen and oxygen atoms in total. The Kier molecular flexibility index (Phi) is 3.67. The van der Waals surface area contributed by atoms with Crippen LogP contribution in [0.4, 0.5) is 0 Å². The van der Waals surface area contributed by atoms with Gasteiger partial charge >= 0.3 is 0 Å². The summed E-state index contributed by atoms with van der Waals surface area (Å²) in [5.74, 6) is 1.35. The van der Waals surface area contributed by atoms with Crippen molar-refractivity contribution in [2.45, 2.75) is 0 Å². The summed E-state index contributed by atoms with van der Waals surface area (Å²) in [4.78, 5) is 13.1. The van der Waals surface area contributed by atoms with E-state index in [0.29, 0.717) is 22.3 Å². The summed E-state index contributed by atoms with van der Waals surface area (Å²) in [5, 5.41) is 4.52. The summed E-state index contributed by atoms with van der Waals surface area (Å²) >= 11 is 1.56. The number of ether oxygens (including phenoxy) is 1. The molecule has 0 aliphatic carbocycles. The van der Waals surface area contributed by atoms with Gasteiger partial charge in [-0.25, -0.2) is 0 Å². The summed E-state index contributed by atoms with van der Waals surface area (Å²) in [6, 6.07) is 16.8. The van der Waals surface area contributed by atoms with Crippen molar-refractivity contribution in [3.05, 3.63) is 75.6 Å². The fourth-order valence-electron chi connectivity index (χ4n) is 2.76. The van der Waals surface area contributed by atoms with Gasteiger partial charge in [0, 0.05) is 11.1 Å². The van der Waals surface area contributed by atoms with E-state index in [0.717, 1.165) is 16.9 Å². The molecular formula is C20H14O3S. The van der Waals surface area contributed by atoms with E-state index in [9.17, 15) is 4.79 Å². The van der Waals surface area contributed by atoms with E-state index in [4.69, 9.17) is 9.15 Å². The Morgan fingerprint density at radius 1 is 0.958 bits per heavy atom. The number of methoxy groups -OCH3 is 1. The van der Waals surface area contributed by atoms with Gasteiger partial charge in [-0.1, -0.05) is 12.1 Å². The molecular weight excluding hydrogens is 320 g/mol. The van der Waals surface area contributed by atoms with Gasteiger partial charge in [-0.15, -0.1) is 0 Å². The average molecular weight is 334 g/mol. The lowest BCUT2D eigenvalue weighted by Gasteiger charge is -2.10. The summed E-state index contributed by atoms with van der Waals surface area (Å²) in [6.45, 7) is 0. The topological polar surface area (TPSA) is 39.4 Å². The van der Waals surface area contributed by atoms with Crippen molar-refractivity contribution in [3.63, 3.8) is 0 Å². The normalized spacial score (nSPS) is 10.9. The molecule has 0 fully saturated rings. The molecule has 4 heteroatoms. The van der Waals surface area contributed by atoms with E-state index in [1.165, 1.54) is 0 Å². The number of benzene rings is 2. The second-order valence-electron chi connectivity index (χ2n) is 5.37. The lowest BCUT2D eigenvalue weighted by molar-refractivity contribution is 0.415. The summed E-state index contributed by atoms with van der Waals surface area (Å²) < 4.78 is 11.3. The van der Waals surface area contributed by atoms with Crippen molar-refractivity contribution in [3.8, 4) is 28.2 Å². The highest BCUT2D eigenvalue weighted by molar-refractivity contribution is 7.08. The van der Waals surface area contributed by atoms with Gasteiger partial charge in [0.05, 0.1) is 18.1 Å². The molecule has 2 aromatic heterocycles. The Labute approximate surface area is 142 Å². The third kappa shape index (κ3) is 2.41. The Morgan fingerprint density at radius 2 is 1.75 bits per heavy atom. The van der Waals surface area contributed by atoms with Crippen molar-refractivity contribution < 1.29 is 9.15 Å². The van der Waals surface area contributed by atoms with Crippen molar-refractivity contribution in [2.75, 3.05) is 7.11 Å². The van der Waals surface area contributed by atoms with Crippen LogP contribution < -0.4 is 10.2 Å². The van der Waals surface area contributed by atoms with Crippen molar-refractivity contribution in [1.29, 1.82) is 0 Å². The van der Waals surface area contributed by atoms with Gasteiger partial charge in [0.25, 0.3) is 0 Å². The van der Waals surface area contributed by atoms with Crippen molar-refractivity contribution in [2.24, 2.45) is 0 Å². The second kappa shape index (κ2) is 5.98. The highest BCUT2D eigenvalue weighted by Crippen LogP contribution is 2.34. The molecule has 0 spiro atoms. The molecule has 0 saturated heterocycles. The van der Waals surface area contributed by atoms with Gasteiger partial charge in [-0.05, 0) is 53.2 Å². The number of thiophene rings is 1. The van der Waals surface area contributed by atoms with Gasteiger partial charge in [-0.2, -0.15) is 11.3 Å². The quantitative estimate of drug-likeness (QED) is 0.517. The largest absolute Gasteiger partial charge is 0.497 e. The Hall–Kier alpha value is -2.85. The van der Waals surface area contributed by atoms with E-state index >= 15 is 0 Å². The zero-order chi connectivity index (χ0) is 16.5. The fraction of sp³-hybridized carbons (Fsp3) is 0.0500. The maximum Gasteiger partial charge on any atom is 0.201 e. The molecule has 0 amide bonds. The maximum atomic E-state index is 13.1. The maximum absolute atomic E-state index is 13.1. The van der Waals surface area contributed by atoms with Crippen LogP contribution in [-0.2, 0) is 0 Å². The Morgan fingerprint density at radius 3 is 2.46 bits per heavy atom. The molecule has 2 heterocycles. The summed E-state index contributed by atoms with van der Waals surface area (Å²) in [6.07, 6.45) is 0. The van der Waals surface area contributed by atoms with Crippen LogP contribution in [-0.4, -0.2) is 7.11 Å². The van der Waals surface area contributed by atoms with E-state index < -0.39 is 0 Å². The molecule has 118 valence electrons. The molecule has 2 aromatic carbocycles. The summed E-state index contributed by atoms with van der Waals surface area (Å²) in [7, 11) is 1.63. The molecule has 4 rings (SSSR count). The van der Waals surface area contributed by atoms with Crippen LogP contribution in [0.1, 0.15) is 0 Å². The third-order valence-electron chi connectivity index (χ3n) is 3.96. The zero-order valence-corrected chi connectivity index (χ0v) is 13.8. The minimum atomic E-state index is -0.0129. The standard InChI is InChI=1S/C20H14O3S/c1-22-15-8-6-13(7-9-15)20-18(14-10-11-24-12-14)19(21)16-4-2-3-5-17(16)23-20/h2-12H,1H3. The van der Waals surface area contributed by atoms with E-state index in [-0.39, 0.29) is 5.43 Å². The number of para-hydroxylation sites is 1. The highest BCUT2D eigenvalue weighted by Gasteiger charge is 2.18. The third-order valence-corrected chi connectivity index (χ3v) is 4.64. The molecule has 0 aliphatic rings. The highest BCUT2D eigenvalue weighted by atomic mass is 32.1. The van der Waals surface area contributed by atoms with E-state index in [1.807, 2.05) is 59.3 Å². The smallest absolute Gasteiger partial charge is 0.201 e. The van der Waals surface area contributed by atoms with Crippen LogP contribution in [0.5, 0.6) is 5.75 Å². The van der Waals surface area contributed by atoms with Crippen LogP contribution in [0.3, 0.4) is 0 Å². The van der Waals surface area contributed by atoms with Gasteiger partial charge in [0.15, 0.2) is 0 Å². The molecule has 0 aliphatic heterocycles. The van der Waals surface area contributed by atoms with Crippen molar-refractivity contribution in [1.82, 2.24) is 0 Å². The van der Waals surface area contributed by atoms with Gasteiger partial charge < -0.3 is 9.15 Å². The summed E-state index contributed by atoms with van der Waals surface area (Å²) in [5.41, 5.74) is 2.90. The average Bonchev–Trinajstić information content (AvgIpc) is 3.16. The van der Waals surface area contributed by atoms with Gasteiger partial charge in [0.2, 0.25) is 5.43 Å². The van der Waals surface area contributed by atoms with Crippen LogP contribution in [0.25, 0.3) is 33.4 Å². The first-order valence-electron chi connectivity index (χ1n) is 7.51. The molecule has 0 N–H and O–H groups in total. The SMILES string of the molecule is COc1ccc(-c2oc3ccccc3c(=O)c2-c2ccsc2)cc1. The minimum Gasteiger partial charge on any atom is -0.497 e. The number of hydrogen-bond acceptors (Lipinski definition) is 4. The monoisotopic (exact) mass is 334 g/mol. The van der Waals surface area contributed by atoms with Crippen LogP contribution in [0.15, 0.2) is 74.6 Å². The molecule has 0 unspecified atom stereocenters. The van der Waals surface area contributed by atoms with Crippen molar-refractivity contribution >= 4 is 22.3 Å². The Bertz CT molecular complexity index is 1040. The van der Waals surface area contributed by atoms with E-state index in [2.05, 4.69) is 0 Å². The lowest BCUT2D eigenvalue weighted by atomic mass is 10.0.